The van der Waals surface area contributed by atoms with Gasteiger partial charge in [-0.1, -0.05) is 29.4 Å². The topological polar surface area (TPSA) is 30.2 Å². The molecule has 2 nitrogen and oxygen atoms in total. The fourth-order valence-corrected chi connectivity index (χ4v) is 3.47. The average Bonchev–Trinajstić information content (AvgIpc) is 2.84. The van der Waals surface area contributed by atoms with Crippen LogP contribution in [-0.2, 0) is 11.2 Å². The van der Waals surface area contributed by atoms with E-state index in [4.69, 9.17) is 16.0 Å². The Morgan fingerprint density at radius 2 is 1.91 bits per heavy atom. The van der Waals surface area contributed by atoms with Crippen LogP contribution in [0.1, 0.15) is 16.7 Å². The second-order valence-corrected chi connectivity index (χ2v) is 6.89. The molecule has 0 N–H and O–H groups in total. The highest BCUT2D eigenvalue weighted by atomic mass is 35.5. The molecule has 4 heteroatoms. The third kappa shape index (κ3) is 3.21. The van der Waals surface area contributed by atoms with E-state index < -0.39 is 0 Å². The van der Waals surface area contributed by atoms with Gasteiger partial charge in [0.25, 0.3) is 0 Å². The lowest BCUT2D eigenvalue weighted by molar-refractivity contribution is -0.110. The number of aryl methyl sites for hydroxylation is 2. The number of thioether (sulfide) groups is 1. The highest BCUT2D eigenvalue weighted by molar-refractivity contribution is 8.13. The van der Waals surface area contributed by atoms with Crippen molar-refractivity contribution >= 4 is 39.4 Å². The molecule has 0 spiro atoms. The molecule has 0 atom stereocenters. The quantitative estimate of drug-likeness (QED) is 0.588. The zero-order valence-corrected chi connectivity index (χ0v) is 13.9. The number of carbonyl (C=O) groups excluding carboxylic acids is 1. The van der Waals surface area contributed by atoms with Gasteiger partial charge in [0.05, 0.1) is 6.26 Å². The van der Waals surface area contributed by atoms with E-state index in [0.29, 0.717) is 11.4 Å². The fourth-order valence-electron chi connectivity index (χ4n) is 2.58. The van der Waals surface area contributed by atoms with E-state index in [0.717, 1.165) is 32.6 Å². The van der Waals surface area contributed by atoms with Crippen LogP contribution in [0.5, 0.6) is 0 Å². The van der Waals surface area contributed by atoms with Crippen molar-refractivity contribution in [3.05, 3.63) is 64.4 Å². The number of rotatable bonds is 3. The first-order valence-corrected chi connectivity index (χ1v) is 8.16. The minimum absolute atomic E-state index is 0.0880. The number of furan rings is 1. The van der Waals surface area contributed by atoms with E-state index in [1.165, 1.54) is 11.8 Å². The lowest BCUT2D eigenvalue weighted by Gasteiger charge is -2.03. The van der Waals surface area contributed by atoms with E-state index >= 15 is 0 Å². The van der Waals surface area contributed by atoms with Crippen molar-refractivity contribution in [2.24, 2.45) is 0 Å². The second kappa shape index (κ2) is 6.19. The fraction of sp³-hybridized carbons (Fsp3) is 0.167. The molecule has 2 aromatic carbocycles. The number of carbonyl (C=O) groups is 1. The highest BCUT2D eigenvalue weighted by Crippen LogP contribution is 2.29. The summed E-state index contributed by atoms with van der Waals surface area (Å²) in [6.07, 6.45) is 2.04. The molecule has 3 rings (SSSR count). The summed E-state index contributed by atoms with van der Waals surface area (Å²) in [5.74, 6) is 0. The van der Waals surface area contributed by atoms with Gasteiger partial charge in [0, 0.05) is 27.3 Å². The van der Waals surface area contributed by atoms with Crippen LogP contribution in [0.3, 0.4) is 0 Å². The zero-order chi connectivity index (χ0) is 15.7. The Kier molecular flexibility index (Phi) is 4.27. The molecule has 0 bridgehead atoms. The van der Waals surface area contributed by atoms with Gasteiger partial charge in [0.2, 0.25) is 0 Å². The van der Waals surface area contributed by atoms with E-state index in [9.17, 15) is 4.79 Å². The Hall–Kier alpha value is -1.71. The van der Waals surface area contributed by atoms with Gasteiger partial charge in [-0.25, -0.2) is 0 Å². The van der Waals surface area contributed by atoms with Crippen LogP contribution in [0.4, 0.5) is 0 Å². The third-order valence-electron chi connectivity index (χ3n) is 3.47. The standard InChI is InChI=1S/C18H15ClO2S/c1-11-7-12(2)18-13(10-21-16(18)8-11)9-17(20)22-15-5-3-14(19)4-6-15/h3-8,10H,9H2,1-2H3. The minimum Gasteiger partial charge on any atom is -0.464 e. The van der Waals surface area contributed by atoms with Gasteiger partial charge in [-0.2, -0.15) is 0 Å². The second-order valence-electron chi connectivity index (χ2n) is 5.32. The Morgan fingerprint density at radius 1 is 1.18 bits per heavy atom. The van der Waals surface area contributed by atoms with Gasteiger partial charge in [-0.15, -0.1) is 0 Å². The summed E-state index contributed by atoms with van der Waals surface area (Å²) >= 11 is 7.08. The maximum Gasteiger partial charge on any atom is 0.198 e. The molecule has 1 aromatic heterocycles. The first-order chi connectivity index (χ1) is 10.5. The Bertz CT molecular complexity index is 834. The van der Waals surface area contributed by atoms with Crippen molar-refractivity contribution in [3.8, 4) is 0 Å². The molecule has 0 radical (unpaired) electrons. The largest absolute Gasteiger partial charge is 0.464 e. The summed E-state index contributed by atoms with van der Waals surface area (Å²) in [6.45, 7) is 4.08. The van der Waals surface area contributed by atoms with Gasteiger partial charge >= 0.3 is 0 Å². The van der Waals surface area contributed by atoms with Crippen LogP contribution in [0.15, 0.2) is 52.0 Å². The van der Waals surface area contributed by atoms with E-state index in [-0.39, 0.29) is 5.12 Å². The molecule has 0 aliphatic rings. The summed E-state index contributed by atoms with van der Waals surface area (Å²) in [5.41, 5.74) is 4.09. The van der Waals surface area contributed by atoms with Crippen LogP contribution < -0.4 is 0 Å². The Labute approximate surface area is 138 Å². The number of fused-ring (bicyclic) bond motifs is 1. The zero-order valence-electron chi connectivity index (χ0n) is 12.4. The Morgan fingerprint density at radius 3 is 2.64 bits per heavy atom. The summed E-state index contributed by atoms with van der Waals surface area (Å²) in [4.78, 5) is 13.2. The molecule has 0 unspecified atom stereocenters. The van der Waals surface area contributed by atoms with Crippen LogP contribution in [0.2, 0.25) is 5.02 Å². The molecule has 3 aromatic rings. The van der Waals surface area contributed by atoms with E-state index in [2.05, 4.69) is 6.07 Å². The van der Waals surface area contributed by atoms with Gasteiger partial charge in [-0.3, -0.25) is 4.79 Å². The van der Waals surface area contributed by atoms with Crippen LogP contribution >= 0.6 is 23.4 Å². The SMILES string of the molecule is Cc1cc(C)c2c(CC(=O)Sc3ccc(Cl)cc3)coc2c1. The first kappa shape index (κ1) is 15.2. The maximum absolute atomic E-state index is 12.3. The van der Waals surface area contributed by atoms with Crippen molar-refractivity contribution in [3.63, 3.8) is 0 Å². The van der Waals surface area contributed by atoms with Gasteiger partial charge in [0.15, 0.2) is 5.12 Å². The molecule has 0 aliphatic carbocycles. The lowest BCUT2D eigenvalue weighted by Crippen LogP contribution is -1.97. The summed E-state index contributed by atoms with van der Waals surface area (Å²) in [6, 6.07) is 11.4. The molecule has 1 heterocycles. The monoisotopic (exact) mass is 330 g/mol. The molecular formula is C18H15ClO2S. The molecular weight excluding hydrogens is 316 g/mol. The normalized spacial score (nSPS) is 11.0. The molecule has 0 saturated heterocycles. The maximum atomic E-state index is 12.3. The van der Waals surface area contributed by atoms with E-state index in [1.54, 1.807) is 18.4 Å². The lowest BCUT2D eigenvalue weighted by atomic mass is 10.0. The predicted molar refractivity (Wildman–Crippen MR) is 91.7 cm³/mol. The van der Waals surface area contributed by atoms with Crippen molar-refractivity contribution in [2.45, 2.75) is 25.2 Å². The number of halogens is 1. The van der Waals surface area contributed by atoms with E-state index in [1.807, 2.05) is 32.0 Å². The molecule has 112 valence electrons. The number of hydrogen-bond donors (Lipinski definition) is 0. The molecule has 22 heavy (non-hydrogen) atoms. The van der Waals surface area contributed by atoms with Gasteiger partial charge in [-0.05, 0) is 55.3 Å². The van der Waals surface area contributed by atoms with Gasteiger partial charge in [0.1, 0.15) is 5.58 Å². The molecule has 0 aliphatic heterocycles. The Balaban J connectivity index is 1.81. The molecule has 0 fully saturated rings. The first-order valence-electron chi connectivity index (χ1n) is 6.96. The van der Waals surface area contributed by atoms with Crippen molar-refractivity contribution in [1.29, 1.82) is 0 Å². The molecule has 0 saturated carbocycles. The van der Waals surface area contributed by atoms with Crippen molar-refractivity contribution in [1.82, 2.24) is 0 Å². The van der Waals surface area contributed by atoms with Crippen LogP contribution in [-0.4, -0.2) is 5.12 Å². The van der Waals surface area contributed by atoms with Crippen LogP contribution in [0, 0.1) is 13.8 Å². The summed E-state index contributed by atoms with van der Waals surface area (Å²) < 4.78 is 5.60. The van der Waals surface area contributed by atoms with Crippen LogP contribution in [0.25, 0.3) is 11.0 Å². The summed E-state index contributed by atoms with van der Waals surface area (Å²) in [5, 5.41) is 1.81. The minimum atomic E-state index is 0.0880. The molecule has 0 amide bonds. The smallest absolute Gasteiger partial charge is 0.198 e. The number of hydrogen-bond acceptors (Lipinski definition) is 3. The number of benzene rings is 2. The third-order valence-corrected chi connectivity index (χ3v) is 4.60. The van der Waals surface area contributed by atoms with Gasteiger partial charge < -0.3 is 4.42 Å². The highest BCUT2D eigenvalue weighted by Gasteiger charge is 2.14. The van der Waals surface area contributed by atoms with Crippen molar-refractivity contribution < 1.29 is 9.21 Å². The average molecular weight is 331 g/mol. The van der Waals surface area contributed by atoms with Crippen molar-refractivity contribution in [2.75, 3.05) is 0 Å². The predicted octanol–water partition coefficient (Wildman–Crippen LogP) is 5.56. The summed E-state index contributed by atoms with van der Waals surface area (Å²) in [7, 11) is 0.